The SMILES string of the molecule is CC(C)(c1cccc(-c2[c-]cc(F)nc2F)n1)c1cccc(-n2[c-]nc(C#N)c2C#N)n1.[Pt+2]. The van der Waals surface area contributed by atoms with Gasteiger partial charge in [0.15, 0.2) is 0 Å². The summed E-state index contributed by atoms with van der Waals surface area (Å²) >= 11 is 0. The normalized spacial score (nSPS) is 10.7. The van der Waals surface area contributed by atoms with E-state index in [1.54, 1.807) is 36.4 Å². The van der Waals surface area contributed by atoms with Gasteiger partial charge in [-0.2, -0.15) is 0 Å². The molecule has 164 valence electrons. The summed E-state index contributed by atoms with van der Waals surface area (Å²) in [5.41, 5.74) is 0.646. The summed E-state index contributed by atoms with van der Waals surface area (Å²) in [5, 5.41) is 18.5. The van der Waals surface area contributed by atoms with Gasteiger partial charge in [-0.25, -0.2) is 19.3 Å². The Morgan fingerprint density at radius 2 is 1.67 bits per heavy atom. The van der Waals surface area contributed by atoms with Crippen LogP contribution < -0.4 is 0 Å². The Kier molecular flexibility index (Phi) is 6.76. The van der Waals surface area contributed by atoms with Crippen molar-refractivity contribution in [3.63, 3.8) is 0 Å². The molecule has 10 heteroatoms. The summed E-state index contributed by atoms with van der Waals surface area (Å²) in [7, 11) is 0. The second kappa shape index (κ2) is 9.36. The van der Waals surface area contributed by atoms with Crippen LogP contribution in [0.4, 0.5) is 8.78 Å². The number of hydrogen-bond acceptors (Lipinski definition) is 6. The van der Waals surface area contributed by atoms with E-state index in [9.17, 15) is 14.0 Å². The third-order valence-electron chi connectivity index (χ3n) is 4.92. The number of nitriles is 2. The van der Waals surface area contributed by atoms with Gasteiger partial charge in [0.05, 0.1) is 23.7 Å². The zero-order chi connectivity index (χ0) is 22.9. The minimum absolute atomic E-state index is 0. The molecule has 0 aliphatic carbocycles. The van der Waals surface area contributed by atoms with Crippen LogP contribution in [0.3, 0.4) is 0 Å². The van der Waals surface area contributed by atoms with Gasteiger partial charge in [-0.1, -0.05) is 35.9 Å². The average molecular weight is 620 g/mol. The minimum atomic E-state index is -0.999. The molecule has 0 spiro atoms. The summed E-state index contributed by atoms with van der Waals surface area (Å²) in [6.45, 7) is 3.77. The Bertz CT molecular complexity index is 1420. The predicted molar refractivity (Wildman–Crippen MR) is 108 cm³/mol. The van der Waals surface area contributed by atoms with Gasteiger partial charge < -0.3 is 14.5 Å². The maximum absolute atomic E-state index is 14.1. The van der Waals surface area contributed by atoms with Crippen molar-refractivity contribution in [3.05, 3.63) is 89.5 Å². The van der Waals surface area contributed by atoms with Crippen LogP contribution in [0.15, 0.2) is 42.5 Å². The monoisotopic (exact) mass is 620 g/mol. The molecular weight excluding hydrogens is 607 g/mol. The minimum Gasteiger partial charge on any atom is -0.402 e. The van der Waals surface area contributed by atoms with Crippen molar-refractivity contribution in [1.29, 1.82) is 10.5 Å². The van der Waals surface area contributed by atoms with Gasteiger partial charge in [0, 0.05) is 28.8 Å². The van der Waals surface area contributed by atoms with Crippen LogP contribution in [0.25, 0.3) is 17.1 Å². The van der Waals surface area contributed by atoms with Gasteiger partial charge >= 0.3 is 21.1 Å². The fourth-order valence-corrected chi connectivity index (χ4v) is 3.16. The van der Waals surface area contributed by atoms with Crippen molar-refractivity contribution < 1.29 is 29.8 Å². The van der Waals surface area contributed by atoms with Crippen LogP contribution in [-0.2, 0) is 26.5 Å². The molecule has 0 unspecified atom stereocenters. The predicted octanol–water partition coefficient (Wildman–Crippen LogP) is 3.67. The molecule has 0 N–H and O–H groups in total. The summed E-state index contributed by atoms with van der Waals surface area (Å²) in [5.74, 6) is -1.60. The van der Waals surface area contributed by atoms with Crippen molar-refractivity contribution in [2.45, 2.75) is 19.3 Å². The van der Waals surface area contributed by atoms with Crippen molar-refractivity contribution in [2.75, 3.05) is 0 Å². The molecule has 0 radical (unpaired) electrons. The first-order valence-corrected chi connectivity index (χ1v) is 9.35. The summed E-state index contributed by atoms with van der Waals surface area (Å²) in [6, 6.07) is 17.5. The molecule has 0 saturated carbocycles. The zero-order valence-electron chi connectivity index (χ0n) is 17.2. The maximum atomic E-state index is 14.1. The molecule has 0 atom stereocenters. The Balaban J connectivity index is 0.00000306. The van der Waals surface area contributed by atoms with Crippen LogP contribution in [0.2, 0.25) is 0 Å². The largest absolute Gasteiger partial charge is 2.00 e. The number of rotatable bonds is 4. The van der Waals surface area contributed by atoms with Gasteiger partial charge in [-0.15, -0.1) is 6.07 Å². The van der Waals surface area contributed by atoms with Crippen molar-refractivity contribution in [3.8, 4) is 29.2 Å². The van der Waals surface area contributed by atoms with Crippen LogP contribution in [0.1, 0.15) is 36.6 Å². The van der Waals surface area contributed by atoms with E-state index in [1.807, 2.05) is 26.0 Å². The number of nitrogens with zero attached hydrogens (tertiary/aromatic N) is 7. The zero-order valence-corrected chi connectivity index (χ0v) is 19.5. The van der Waals surface area contributed by atoms with E-state index >= 15 is 0 Å². The Morgan fingerprint density at radius 3 is 2.33 bits per heavy atom. The molecule has 33 heavy (non-hydrogen) atoms. The maximum Gasteiger partial charge on any atom is 2.00 e. The van der Waals surface area contributed by atoms with E-state index in [0.717, 1.165) is 6.07 Å². The summed E-state index contributed by atoms with van der Waals surface area (Å²) in [6.07, 6.45) is 2.61. The van der Waals surface area contributed by atoms with Gasteiger partial charge in [0.25, 0.3) is 0 Å². The third-order valence-corrected chi connectivity index (χ3v) is 4.92. The quantitative estimate of drug-likeness (QED) is 0.255. The summed E-state index contributed by atoms with van der Waals surface area (Å²) < 4.78 is 28.6. The molecular formula is C23H13F2N7Pt. The van der Waals surface area contributed by atoms with Crippen molar-refractivity contribution in [2.24, 2.45) is 0 Å². The second-order valence-corrected chi connectivity index (χ2v) is 7.27. The molecule has 7 nitrogen and oxygen atoms in total. The van der Waals surface area contributed by atoms with E-state index in [-0.39, 0.29) is 43.7 Å². The number of aromatic nitrogens is 5. The molecule has 0 amide bonds. The number of halogens is 2. The molecule has 0 fully saturated rings. The average Bonchev–Trinajstić information content (AvgIpc) is 3.22. The number of imidazole rings is 1. The fraction of sp³-hybridized carbons (Fsp3) is 0.130. The van der Waals surface area contributed by atoms with Crippen molar-refractivity contribution in [1.82, 2.24) is 24.5 Å². The van der Waals surface area contributed by atoms with E-state index in [1.165, 1.54) is 4.57 Å². The van der Waals surface area contributed by atoms with Gasteiger partial charge in [0.2, 0.25) is 0 Å². The van der Waals surface area contributed by atoms with Crippen LogP contribution in [0, 0.1) is 47.0 Å². The standard InChI is InChI=1S/C23H13F2N7.Pt/c1-23(2,18-6-3-5-15(29-18)14-9-10-20(24)31-22(14)25)19-7-4-8-21(30-19)32-13-28-16(11-26)17(32)12-27;/h3-8,10H,1-2H3;/q-2;+2. The molecule has 0 saturated heterocycles. The van der Waals surface area contributed by atoms with E-state index < -0.39 is 17.3 Å². The molecule has 0 aliphatic heterocycles. The van der Waals surface area contributed by atoms with Crippen LogP contribution >= 0.6 is 0 Å². The fourth-order valence-electron chi connectivity index (χ4n) is 3.16. The molecule has 4 aromatic heterocycles. The van der Waals surface area contributed by atoms with Gasteiger partial charge in [0.1, 0.15) is 11.9 Å². The van der Waals surface area contributed by atoms with E-state index in [4.69, 9.17) is 5.26 Å². The van der Waals surface area contributed by atoms with Crippen LogP contribution in [-0.4, -0.2) is 24.5 Å². The molecule has 0 aromatic carbocycles. The first-order valence-electron chi connectivity index (χ1n) is 9.35. The van der Waals surface area contributed by atoms with Gasteiger partial charge in [-0.3, -0.25) is 9.97 Å². The number of hydrogen-bond donors (Lipinski definition) is 0. The Hall–Kier alpha value is -3.81. The third kappa shape index (κ3) is 4.41. The van der Waals surface area contributed by atoms with Crippen molar-refractivity contribution >= 4 is 0 Å². The van der Waals surface area contributed by atoms with Gasteiger partial charge in [-0.05, 0) is 31.7 Å². The molecule has 4 heterocycles. The first kappa shape index (κ1) is 23.8. The topological polar surface area (TPSA) is 104 Å². The Morgan fingerprint density at radius 1 is 0.970 bits per heavy atom. The smallest absolute Gasteiger partial charge is 0.402 e. The molecule has 4 aromatic rings. The van der Waals surface area contributed by atoms with Crippen LogP contribution in [0.5, 0.6) is 0 Å². The molecule has 4 rings (SSSR count). The molecule has 0 bridgehead atoms. The first-order chi connectivity index (χ1) is 15.3. The second-order valence-electron chi connectivity index (χ2n) is 7.27. The Labute approximate surface area is 202 Å². The van der Waals surface area contributed by atoms with E-state index in [2.05, 4.69) is 32.3 Å². The van der Waals surface area contributed by atoms with E-state index in [0.29, 0.717) is 17.2 Å². The summed E-state index contributed by atoms with van der Waals surface area (Å²) in [4.78, 5) is 16.2. The molecule has 0 aliphatic rings. The number of pyridine rings is 3.